The summed E-state index contributed by atoms with van der Waals surface area (Å²) in [5.74, 6) is 0.442. The molecule has 3 rings (SSSR count). The van der Waals surface area contributed by atoms with Gasteiger partial charge in [-0.1, -0.05) is 28.6 Å². The highest BCUT2D eigenvalue weighted by molar-refractivity contribution is 7.20. The minimum atomic E-state index is -4.41. The molecular weight excluding hydrogens is 329 g/mol. The van der Waals surface area contributed by atoms with Crippen LogP contribution < -0.4 is 4.74 Å². The Bertz CT molecular complexity index is 875. The van der Waals surface area contributed by atoms with Gasteiger partial charge in [0.05, 0.1) is 22.0 Å². The molecule has 1 N–H and O–H groups in total. The van der Waals surface area contributed by atoms with Gasteiger partial charge in [0, 0.05) is 0 Å². The van der Waals surface area contributed by atoms with Crippen molar-refractivity contribution in [3.8, 4) is 10.9 Å². The Morgan fingerprint density at radius 1 is 1.17 bits per heavy atom. The maximum absolute atomic E-state index is 12.7. The summed E-state index contributed by atoms with van der Waals surface area (Å²) in [6.07, 6.45) is -3.17. The predicted molar refractivity (Wildman–Crippen MR) is 80.5 cm³/mol. The number of hydrogen-bond acceptors (Lipinski definition) is 5. The van der Waals surface area contributed by atoms with E-state index < -0.39 is 11.7 Å². The Hall–Kier alpha value is -2.61. The number of aromatic nitrogens is 1. The highest BCUT2D eigenvalue weighted by atomic mass is 32.1. The van der Waals surface area contributed by atoms with Crippen LogP contribution in [0.1, 0.15) is 11.1 Å². The summed E-state index contributed by atoms with van der Waals surface area (Å²) < 4.78 is 44.3. The van der Waals surface area contributed by atoms with Crippen molar-refractivity contribution in [2.24, 2.45) is 5.16 Å². The van der Waals surface area contributed by atoms with Gasteiger partial charge in [0.25, 0.3) is 5.19 Å². The Morgan fingerprint density at radius 3 is 2.74 bits per heavy atom. The second kappa shape index (κ2) is 5.88. The van der Waals surface area contributed by atoms with E-state index in [4.69, 9.17) is 9.94 Å². The van der Waals surface area contributed by atoms with Crippen LogP contribution in [0.4, 0.5) is 13.2 Å². The van der Waals surface area contributed by atoms with Gasteiger partial charge in [-0.25, -0.2) is 4.98 Å². The fourth-order valence-electron chi connectivity index (χ4n) is 1.95. The van der Waals surface area contributed by atoms with E-state index in [0.29, 0.717) is 16.0 Å². The number of thiazole rings is 1. The molecule has 0 fully saturated rings. The summed E-state index contributed by atoms with van der Waals surface area (Å²) in [6, 6.07) is 10.1. The van der Waals surface area contributed by atoms with Gasteiger partial charge in [-0.15, -0.1) is 0 Å². The van der Waals surface area contributed by atoms with E-state index in [9.17, 15) is 13.2 Å². The molecule has 0 saturated heterocycles. The molecule has 0 amide bonds. The van der Waals surface area contributed by atoms with E-state index in [0.717, 1.165) is 23.5 Å². The SMILES string of the molecule is O/N=C/c1cccc(Oc2nc3cc(C(F)(F)F)ccc3s2)c1. The first-order valence-electron chi connectivity index (χ1n) is 6.39. The van der Waals surface area contributed by atoms with Crippen LogP contribution in [0.2, 0.25) is 0 Å². The molecule has 0 spiro atoms. The topological polar surface area (TPSA) is 54.7 Å². The highest BCUT2D eigenvalue weighted by Crippen LogP contribution is 2.36. The lowest BCUT2D eigenvalue weighted by Gasteiger charge is -2.04. The van der Waals surface area contributed by atoms with Crippen LogP contribution in [-0.2, 0) is 6.18 Å². The molecule has 118 valence electrons. The first kappa shape index (κ1) is 15.3. The van der Waals surface area contributed by atoms with Crippen molar-refractivity contribution in [3.05, 3.63) is 53.6 Å². The maximum Gasteiger partial charge on any atom is 0.416 e. The van der Waals surface area contributed by atoms with Gasteiger partial charge in [0.15, 0.2) is 0 Å². The maximum atomic E-state index is 12.7. The quantitative estimate of drug-likeness (QED) is 0.419. The van der Waals surface area contributed by atoms with Gasteiger partial charge in [-0.2, -0.15) is 13.2 Å². The fourth-order valence-corrected chi connectivity index (χ4v) is 2.77. The van der Waals surface area contributed by atoms with Gasteiger partial charge in [-0.3, -0.25) is 0 Å². The third-order valence-corrected chi connectivity index (χ3v) is 3.88. The number of oxime groups is 1. The van der Waals surface area contributed by atoms with Crippen molar-refractivity contribution in [1.82, 2.24) is 4.98 Å². The second-order valence-corrected chi connectivity index (χ2v) is 5.57. The van der Waals surface area contributed by atoms with Gasteiger partial charge in [0.2, 0.25) is 0 Å². The Balaban J connectivity index is 1.90. The van der Waals surface area contributed by atoms with E-state index >= 15 is 0 Å². The predicted octanol–water partition coefficient (Wildman–Crippen LogP) is 4.92. The molecule has 1 heterocycles. The van der Waals surface area contributed by atoms with Crippen molar-refractivity contribution >= 4 is 27.8 Å². The van der Waals surface area contributed by atoms with Crippen molar-refractivity contribution < 1.29 is 23.1 Å². The average molecular weight is 338 g/mol. The Kier molecular flexibility index (Phi) is 3.91. The van der Waals surface area contributed by atoms with Crippen LogP contribution in [0.25, 0.3) is 10.2 Å². The molecule has 0 aliphatic carbocycles. The number of benzene rings is 2. The smallest absolute Gasteiger partial charge is 0.416 e. The number of halogens is 3. The molecule has 23 heavy (non-hydrogen) atoms. The van der Waals surface area contributed by atoms with E-state index in [2.05, 4.69) is 10.1 Å². The molecule has 0 radical (unpaired) electrons. The first-order chi connectivity index (χ1) is 11.0. The van der Waals surface area contributed by atoms with Crippen LogP contribution in [0, 0.1) is 0 Å². The summed E-state index contributed by atoms with van der Waals surface area (Å²) in [5, 5.41) is 11.7. The van der Waals surface area contributed by atoms with Crippen molar-refractivity contribution in [2.75, 3.05) is 0 Å². The van der Waals surface area contributed by atoms with Crippen LogP contribution in [0.3, 0.4) is 0 Å². The van der Waals surface area contributed by atoms with E-state index in [1.165, 1.54) is 12.3 Å². The van der Waals surface area contributed by atoms with Crippen molar-refractivity contribution in [3.63, 3.8) is 0 Å². The average Bonchev–Trinajstić information content (AvgIpc) is 2.88. The molecule has 3 aromatic rings. The summed E-state index contributed by atoms with van der Waals surface area (Å²) >= 11 is 1.15. The number of hydrogen-bond donors (Lipinski definition) is 1. The molecule has 8 heteroatoms. The minimum absolute atomic E-state index is 0.230. The molecule has 0 aliphatic rings. The van der Waals surface area contributed by atoms with Gasteiger partial charge >= 0.3 is 6.18 Å². The van der Waals surface area contributed by atoms with Gasteiger partial charge < -0.3 is 9.94 Å². The Morgan fingerprint density at radius 2 is 2.00 bits per heavy atom. The lowest BCUT2D eigenvalue weighted by Crippen LogP contribution is -2.03. The molecule has 0 saturated carbocycles. The Labute approximate surface area is 132 Å². The molecule has 0 atom stereocenters. The summed E-state index contributed by atoms with van der Waals surface area (Å²) in [7, 11) is 0. The number of ether oxygens (including phenoxy) is 1. The third kappa shape index (κ3) is 3.42. The van der Waals surface area contributed by atoms with Crippen LogP contribution in [0.5, 0.6) is 10.9 Å². The normalized spacial score (nSPS) is 12.1. The largest absolute Gasteiger partial charge is 0.431 e. The van der Waals surface area contributed by atoms with Gasteiger partial charge in [0.1, 0.15) is 5.75 Å². The van der Waals surface area contributed by atoms with Crippen molar-refractivity contribution in [1.29, 1.82) is 0 Å². The molecule has 2 aromatic carbocycles. The fraction of sp³-hybridized carbons (Fsp3) is 0.0667. The lowest BCUT2D eigenvalue weighted by molar-refractivity contribution is -0.137. The number of rotatable bonds is 3. The van der Waals surface area contributed by atoms with Crippen LogP contribution in [-0.4, -0.2) is 16.4 Å². The number of alkyl halides is 3. The van der Waals surface area contributed by atoms with Crippen LogP contribution >= 0.6 is 11.3 Å². The zero-order valence-electron chi connectivity index (χ0n) is 11.4. The van der Waals surface area contributed by atoms with E-state index in [-0.39, 0.29) is 10.7 Å². The van der Waals surface area contributed by atoms with E-state index in [1.54, 1.807) is 24.3 Å². The molecular formula is C15H9F3N2O2S. The molecule has 4 nitrogen and oxygen atoms in total. The van der Waals surface area contributed by atoms with E-state index in [1.807, 2.05) is 0 Å². The molecule has 0 aliphatic heterocycles. The summed E-state index contributed by atoms with van der Waals surface area (Å²) in [5.41, 5.74) is 0.0985. The zero-order valence-corrected chi connectivity index (χ0v) is 12.2. The van der Waals surface area contributed by atoms with Gasteiger partial charge in [-0.05, 0) is 35.9 Å². The number of fused-ring (bicyclic) bond motifs is 1. The zero-order chi connectivity index (χ0) is 16.4. The highest BCUT2D eigenvalue weighted by Gasteiger charge is 2.30. The summed E-state index contributed by atoms with van der Waals surface area (Å²) in [4.78, 5) is 4.07. The first-order valence-corrected chi connectivity index (χ1v) is 7.20. The summed E-state index contributed by atoms with van der Waals surface area (Å²) in [6.45, 7) is 0. The van der Waals surface area contributed by atoms with Crippen LogP contribution in [0.15, 0.2) is 47.6 Å². The second-order valence-electron chi connectivity index (χ2n) is 4.58. The lowest BCUT2D eigenvalue weighted by atomic mass is 10.2. The third-order valence-electron chi connectivity index (χ3n) is 2.97. The van der Waals surface area contributed by atoms with Crippen molar-refractivity contribution in [2.45, 2.75) is 6.18 Å². The molecule has 0 bridgehead atoms. The number of nitrogens with zero attached hydrogens (tertiary/aromatic N) is 2. The molecule has 0 unspecified atom stereocenters. The monoisotopic (exact) mass is 338 g/mol. The molecule has 1 aromatic heterocycles. The minimum Gasteiger partial charge on any atom is -0.431 e. The standard InChI is InChI=1S/C15H9F3N2O2S/c16-15(17,18)10-4-5-13-12(7-10)20-14(23-13)22-11-3-1-2-9(6-11)8-19-21/h1-8,21H/b19-8+.